The Labute approximate surface area is 112 Å². The van der Waals surface area contributed by atoms with Crippen molar-refractivity contribution >= 4 is 17.4 Å². The highest BCUT2D eigenvalue weighted by atomic mass is 32.1. The first-order valence-electron chi connectivity index (χ1n) is 5.98. The third-order valence-corrected chi connectivity index (χ3v) is 3.22. The molecule has 5 nitrogen and oxygen atoms in total. The van der Waals surface area contributed by atoms with E-state index in [1.807, 2.05) is 13.8 Å². The zero-order chi connectivity index (χ0) is 13.8. The molecule has 0 atom stereocenters. The maximum absolute atomic E-state index is 11.9. The number of nitrogens with zero attached hydrogens (tertiary/aromatic N) is 2. The summed E-state index contributed by atoms with van der Waals surface area (Å²) in [5.41, 5.74) is -0.884. The Morgan fingerprint density at radius 1 is 1.61 bits per heavy atom. The van der Waals surface area contributed by atoms with E-state index in [0.29, 0.717) is 19.6 Å². The number of urea groups is 1. The Morgan fingerprint density at radius 3 is 2.72 bits per heavy atom. The van der Waals surface area contributed by atoms with E-state index in [1.165, 1.54) is 0 Å². The molecule has 0 saturated heterocycles. The highest BCUT2D eigenvalue weighted by Crippen LogP contribution is 2.11. The number of nitrogens with one attached hydrogen (secondary N) is 1. The lowest BCUT2D eigenvalue weighted by atomic mass is 10.1. The Kier molecular flexibility index (Phi) is 5.10. The van der Waals surface area contributed by atoms with Gasteiger partial charge in [0.15, 0.2) is 0 Å². The average molecular weight is 271 g/mol. The highest BCUT2D eigenvalue weighted by Gasteiger charge is 2.21. The standard InChI is InChI=1S/C12H21N3O2S/c1-5-15(8-12(3,4)17)11(16)14-7-10-13-6-9(2)18-10/h6,17H,5,7-8H2,1-4H3,(H,14,16). The molecule has 6 heteroatoms. The van der Waals surface area contributed by atoms with Crippen molar-refractivity contribution in [2.75, 3.05) is 13.1 Å². The van der Waals surface area contributed by atoms with Gasteiger partial charge >= 0.3 is 6.03 Å². The lowest BCUT2D eigenvalue weighted by molar-refractivity contribution is 0.0480. The number of thiazole rings is 1. The van der Waals surface area contributed by atoms with Crippen LogP contribution in [0.3, 0.4) is 0 Å². The number of aromatic nitrogens is 1. The fraction of sp³-hybridized carbons (Fsp3) is 0.667. The summed E-state index contributed by atoms with van der Waals surface area (Å²) in [6.45, 7) is 8.55. The van der Waals surface area contributed by atoms with Crippen LogP contribution in [0.4, 0.5) is 4.79 Å². The van der Waals surface area contributed by atoms with Gasteiger partial charge in [-0.15, -0.1) is 11.3 Å². The van der Waals surface area contributed by atoms with Crippen LogP contribution in [0.2, 0.25) is 0 Å². The summed E-state index contributed by atoms with van der Waals surface area (Å²) in [5.74, 6) is 0. The molecule has 0 saturated carbocycles. The van der Waals surface area contributed by atoms with Gasteiger partial charge in [-0.3, -0.25) is 0 Å². The van der Waals surface area contributed by atoms with Crippen molar-refractivity contribution in [3.05, 3.63) is 16.1 Å². The van der Waals surface area contributed by atoms with Gasteiger partial charge in [0, 0.05) is 17.6 Å². The predicted molar refractivity (Wildman–Crippen MR) is 72.6 cm³/mol. The summed E-state index contributed by atoms with van der Waals surface area (Å²) < 4.78 is 0. The van der Waals surface area contributed by atoms with Gasteiger partial charge in [-0.2, -0.15) is 0 Å². The third kappa shape index (κ3) is 5.01. The minimum Gasteiger partial charge on any atom is -0.389 e. The number of rotatable bonds is 5. The number of aryl methyl sites for hydroxylation is 1. The van der Waals surface area contributed by atoms with Gasteiger partial charge in [0.05, 0.1) is 18.7 Å². The molecular weight excluding hydrogens is 250 g/mol. The summed E-state index contributed by atoms with van der Waals surface area (Å²) in [7, 11) is 0. The van der Waals surface area contributed by atoms with Gasteiger partial charge in [-0.1, -0.05) is 0 Å². The van der Waals surface area contributed by atoms with Gasteiger partial charge < -0.3 is 15.3 Å². The first kappa shape index (κ1) is 14.9. The third-order valence-electron chi connectivity index (χ3n) is 2.31. The Morgan fingerprint density at radius 2 is 2.28 bits per heavy atom. The van der Waals surface area contributed by atoms with E-state index >= 15 is 0 Å². The molecule has 0 unspecified atom stereocenters. The van der Waals surface area contributed by atoms with Crippen LogP contribution in [0, 0.1) is 6.92 Å². The molecular formula is C12H21N3O2S. The fourth-order valence-electron chi connectivity index (χ4n) is 1.54. The number of carbonyl (C=O) groups is 1. The predicted octanol–water partition coefficient (Wildman–Crippen LogP) is 1.75. The van der Waals surface area contributed by atoms with Crippen molar-refractivity contribution in [1.82, 2.24) is 15.2 Å². The van der Waals surface area contributed by atoms with Gasteiger partial charge in [0.25, 0.3) is 0 Å². The van der Waals surface area contributed by atoms with Crippen LogP contribution in [-0.2, 0) is 6.54 Å². The van der Waals surface area contributed by atoms with Crippen molar-refractivity contribution in [2.45, 2.75) is 39.8 Å². The van der Waals surface area contributed by atoms with Gasteiger partial charge in [-0.05, 0) is 27.7 Å². The lowest BCUT2D eigenvalue weighted by Crippen LogP contribution is -2.46. The highest BCUT2D eigenvalue weighted by molar-refractivity contribution is 7.11. The second-order valence-electron chi connectivity index (χ2n) is 4.85. The molecule has 0 fully saturated rings. The first-order chi connectivity index (χ1) is 8.31. The molecule has 0 bridgehead atoms. The summed E-state index contributed by atoms with van der Waals surface area (Å²) >= 11 is 1.57. The lowest BCUT2D eigenvalue weighted by Gasteiger charge is -2.28. The normalized spacial score (nSPS) is 11.4. The van der Waals surface area contributed by atoms with E-state index in [2.05, 4.69) is 10.3 Å². The molecule has 0 aliphatic carbocycles. The van der Waals surface area contributed by atoms with E-state index in [1.54, 1.807) is 36.3 Å². The molecule has 0 aliphatic heterocycles. The van der Waals surface area contributed by atoms with Crippen LogP contribution in [0.5, 0.6) is 0 Å². The fourth-order valence-corrected chi connectivity index (χ4v) is 2.27. The molecule has 0 spiro atoms. The first-order valence-corrected chi connectivity index (χ1v) is 6.80. The maximum atomic E-state index is 11.9. The summed E-state index contributed by atoms with van der Waals surface area (Å²) in [5, 5.41) is 13.4. The summed E-state index contributed by atoms with van der Waals surface area (Å²) in [4.78, 5) is 18.8. The number of amides is 2. The Bertz CT molecular complexity index is 398. The molecule has 1 rings (SSSR count). The Hall–Kier alpha value is -1.14. The van der Waals surface area contributed by atoms with Crippen molar-refractivity contribution in [1.29, 1.82) is 0 Å². The van der Waals surface area contributed by atoms with Crippen molar-refractivity contribution < 1.29 is 9.90 Å². The number of hydrogen-bond donors (Lipinski definition) is 2. The van der Waals surface area contributed by atoms with Crippen LogP contribution in [0.25, 0.3) is 0 Å². The SMILES string of the molecule is CCN(CC(C)(C)O)C(=O)NCc1ncc(C)s1. The molecule has 2 amide bonds. The molecule has 102 valence electrons. The molecule has 0 radical (unpaired) electrons. The molecule has 2 N–H and O–H groups in total. The number of carbonyl (C=O) groups excluding carboxylic acids is 1. The largest absolute Gasteiger partial charge is 0.389 e. The van der Waals surface area contributed by atoms with E-state index in [9.17, 15) is 9.90 Å². The van der Waals surface area contributed by atoms with Crippen LogP contribution in [0.15, 0.2) is 6.20 Å². The molecule has 1 aromatic rings. The molecule has 1 aromatic heterocycles. The smallest absolute Gasteiger partial charge is 0.317 e. The number of hydrogen-bond acceptors (Lipinski definition) is 4. The van der Waals surface area contributed by atoms with E-state index < -0.39 is 5.60 Å². The quantitative estimate of drug-likeness (QED) is 0.857. The Balaban J connectivity index is 2.47. The number of likely N-dealkylation sites (N-methyl/N-ethyl adjacent to an activating group) is 1. The monoisotopic (exact) mass is 271 g/mol. The number of aliphatic hydroxyl groups is 1. The minimum atomic E-state index is -0.884. The minimum absolute atomic E-state index is 0.174. The van der Waals surface area contributed by atoms with Gasteiger partial charge in [-0.25, -0.2) is 9.78 Å². The zero-order valence-electron chi connectivity index (χ0n) is 11.4. The van der Waals surface area contributed by atoms with E-state index in [4.69, 9.17) is 0 Å². The summed E-state index contributed by atoms with van der Waals surface area (Å²) in [6.07, 6.45) is 1.79. The van der Waals surface area contributed by atoms with Crippen molar-refractivity contribution in [3.63, 3.8) is 0 Å². The average Bonchev–Trinajstić information content (AvgIpc) is 2.67. The van der Waals surface area contributed by atoms with E-state index in [-0.39, 0.29) is 6.03 Å². The topological polar surface area (TPSA) is 65.5 Å². The van der Waals surface area contributed by atoms with Crippen molar-refractivity contribution in [3.8, 4) is 0 Å². The van der Waals surface area contributed by atoms with Gasteiger partial charge in [0.2, 0.25) is 0 Å². The van der Waals surface area contributed by atoms with Gasteiger partial charge in [0.1, 0.15) is 5.01 Å². The van der Waals surface area contributed by atoms with Crippen LogP contribution < -0.4 is 5.32 Å². The molecule has 1 heterocycles. The molecule has 0 aliphatic rings. The molecule has 18 heavy (non-hydrogen) atoms. The maximum Gasteiger partial charge on any atom is 0.317 e. The van der Waals surface area contributed by atoms with Crippen molar-refractivity contribution in [2.24, 2.45) is 0 Å². The molecule has 0 aromatic carbocycles. The summed E-state index contributed by atoms with van der Waals surface area (Å²) in [6, 6.07) is -0.174. The second kappa shape index (κ2) is 6.15. The van der Waals surface area contributed by atoms with Crippen LogP contribution in [0.1, 0.15) is 30.7 Å². The van der Waals surface area contributed by atoms with Crippen LogP contribution in [-0.4, -0.2) is 39.7 Å². The van der Waals surface area contributed by atoms with Crippen LogP contribution >= 0.6 is 11.3 Å². The zero-order valence-corrected chi connectivity index (χ0v) is 12.2. The van der Waals surface area contributed by atoms with E-state index in [0.717, 1.165) is 9.88 Å². The second-order valence-corrected chi connectivity index (χ2v) is 6.17.